The van der Waals surface area contributed by atoms with Crippen LogP contribution in [0.3, 0.4) is 0 Å². The largest absolute Gasteiger partial charge is 0.399 e. The molecule has 2 aliphatic rings. The summed E-state index contributed by atoms with van der Waals surface area (Å²) < 4.78 is 0. The Morgan fingerprint density at radius 1 is 1.29 bits per heavy atom. The highest BCUT2D eigenvalue weighted by atomic mass is 16.2. The van der Waals surface area contributed by atoms with E-state index < -0.39 is 5.91 Å². The van der Waals surface area contributed by atoms with Gasteiger partial charge in [-0.3, -0.25) is 19.3 Å². The van der Waals surface area contributed by atoms with E-state index in [-0.39, 0.29) is 35.6 Å². The Balaban J connectivity index is 1.64. The van der Waals surface area contributed by atoms with Crippen LogP contribution in [0.1, 0.15) is 13.8 Å². The second-order valence-electron chi connectivity index (χ2n) is 6.21. The summed E-state index contributed by atoms with van der Waals surface area (Å²) in [7, 11) is 0. The first-order valence-corrected chi connectivity index (χ1v) is 6.83. The number of nitrogens with zero attached hydrogens (tertiary/aromatic N) is 1. The monoisotopic (exact) mass is 287 g/mol. The Kier molecular flexibility index (Phi) is 2.79. The van der Waals surface area contributed by atoms with Crippen molar-refractivity contribution in [1.82, 2.24) is 4.90 Å². The topological polar surface area (TPSA) is 92.5 Å². The highest BCUT2D eigenvalue weighted by Gasteiger charge is 2.72. The molecule has 3 N–H and O–H groups in total. The number of anilines is 2. The molecular weight excluding hydrogens is 270 g/mol. The predicted molar refractivity (Wildman–Crippen MR) is 77.0 cm³/mol. The maximum atomic E-state index is 12.1. The van der Waals surface area contributed by atoms with E-state index in [9.17, 15) is 14.4 Å². The Labute approximate surface area is 122 Å². The van der Waals surface area contributed by atoms with Crippen molar-refractivity contribution in [2.45, 2.75) is 13.8 Å². The van der Waals surface area contributed by atoms with Gasteiger partial charge in [0.2, 0.25) is 17.7 Å². The zero-order chi connectivity index (χ0) is 15.4. The number of nitrogen functional groups attached to an aromatic ring is 1. The van der Waals surface area contributed by atoms with Gasteiger partial charge in [0.25, 0.3) is 0 Å². The van der Waals surface area contributed by atoms with Crippen molar-refractivity contribution in [3.63, 3.8) is 0 Å². The van der Waals surface area contributed by atoms with Gasteiger partial charge in [-0.1, -0.05) is 19.9 Å². The summed E-state index contributed by atoms with van der Waals surface area (Å²) in [6, 6.07) is 6.74. The number of fused-ring (bicyclic) bond motifs is 1. The van der Waals surface area contributed by atoms with Crippen LogP contribution < -0.4 is 11.1 Å². The highest BCUT2D eigenvalue weighted by molar-refractivity contribution is 6.12. The fraction of sp³-hybridized carbons (Fsp3) is 0.400. The van der Waals surface area contributed by atoms with E-state index >= 15 is 0 Å². The number of piperidine rings is 1. The van der Waals surface area contributed by atoms with Gasteiger partial charge in [-0.2, -0.15) is 0 Å². The number of imide groups is 1. The molecule has 6 heteroatoms. The van der Waals surface area contributed by atoms with E-state index in [1.165, 1.54) is 0 Å². The Morgan fingerprint density at radius 3 is 2.48 bits per heavy atom. The summed E-state index contributed by atoms with van der Waals surface area (Å²) in [5, 5.41) is 2.64. The number of hydrogen-bond donors (Lipinski definition) is 2. The molecule has 0 bridgehead atoms. The number of rotatable bonds is 3. The molecule has 1 saturated heterocycles. The summed E-state index contributed by atoms with van der Waals surface area (Å²) in [5.41, 5.74) is 6.45. The van der Waals surface area contributed by atoms with Gasteiger partial charge in [0.1, 0.15) is 6.54 Å². The Hall–Kier alpha value is -2.37. The molecule has 0 aromatic heterocycles. The van der Waals surface area contributed by atoms with E-state index in [1.807, 2.05) is 13.8 Å². The molecule has 1 heterocycles. The molecule has 6 nitrogen and oxygen atoms in total. The van der Waals surface area contributed by atoms with Crippen molar-refractivity contribution in [3.8, 4) is 0 Å². The summed E-state index contributed by atoms with van der Waals surface area (Å²) in [6.07, 6.45) is 0. The summed E-state index contributed by atoms with van der Waals surface area (Å²) >= 11 is 0. The zero-order valence-electron chi connectivity index (χ0n) is 11.9. The van der Waals surface area contributed by atoms with E-state index in [1.54, 1.807) is 24.3 Å². The molecule has 0 spiro atoms. The molecule has 1 aliphatic carbocycles. The van der Waals surface area contributed by atoms with Crippen molar-refractivity contribution in [3.05, 3.63) is 24.3 Å². The second-order valence-corrected chi connectivity index (χ2v) is 6.21. The first-order valence-electron chi connectivity index (χ1n) is 6.83. The lowest BCUT2D eigenvalue weighted by atomic mass is 10.1. The third kappa shape index (κ3) is 2.07. The lowest BCUT2D eigenvalue weighted by molar-refractivity contribution is -0.145. The van der Waals surface area contributed by atoms with E-state index in [4.69, 9.17) is 5.73 Å². The van der Waals surface area contributed by atoms with Crippen LogP contribution in [0.5, 0.6) is 0 Å². The summed E-state index contributed by atoms with van der Waals surface area (Å²) in [5.74, 6) is -1.40. The summed E-state index contributed by atoms with van der Waals surface area (Å²) in [6.45, 7) is 3.57. The van der Waals surface area contributed by atoms with Crippen LogP contribution in [0, 0.1) is 17.3 Å². The van der Waals surface area contributed by atoms with Crippen molar-refractivity contribution >= 4 is 29.1 Å². The maximum Gasteiger partial charge on any atom is 0.244 e. The van der Waals surface area contributed by atoms with E-state index in [2.05, 4.69) is 5.32 Å². The number of nitrogens with two attached hydrogens (primary N) is 1. The van der Waals surface area contributed by atoms with Crippen molar-refractivity contribution in [2.24, 2.45) is 17.3 Å². The van der Waals surface area contributed by atoms with Crippen LogP contribution in [0.4, 0.5) is 11.4 Å². The van der Waals surface area contributed by atoms with Gasteiger partial charge < -0.3 is 11.1 Å². The van der Waals surface area contributed by atoms with Crippen molar-refractivity contribution in [2.75, 3.05) is 17.6 Å². The molecule has 2 fully saturated rings. The van der Waals surface area contributed by atoms with Crippen LogP contribution in [-0.4, -0.2) is 29.2 Å². The van der Waals surface area contributed by atoms with E-state index in [0.29, 0.717) is 11.4 Å². The molecular formula is C15H17N3O3. The first kappa shape index (κ1) is 13.6. The van der Waals surface area contributed by atoms with Gasteiger partial charge >= 0.3 is 0 Å². The molecule has 0 radical (unpaired) electrons. The number of benzene rings is 1. The third-order valence-corrected chi connectivity index (χ3v) is 4.36. The van der Waals surface area contributed by atoms with Gasteiger partial charge in [0.05, 0.1) is 11.8 Å². The maximum absolute atomic E-state index is 12.1. The van der Waals surface area contributed by atoms with Crippen molar-refractivity contribution in [1.29, 1.82) is 0 Å². The Bertz CT molecular complexity index is 629. The summed E-state index contributed by atoms with van der Waals surface area (Å²) in [4.78, 5) is 37.3. The zero-order valence-corrected chi connectivity index (χ0v) is 11.9. The van der Waals surface area contributed by atoms with Gasteiger partial charge in [-0.05, 0) is 23.6 Å². The molecule has 1 saturated carbocycles. The molecule has 1 aromatic carbocycles. The predicted octanol–water partition coefficient (Wildman–Crippen LogP) is 0.848. The minimum atomic E-state index is -0.401. The quantitative estimate of drug-likeness (QED) is 0.636. The van der Waals surface area contributed by atoms with Crippen LogP contribution in [0.15, 0.2) is 24.3 Å². The van der Waals surface area contributed by atoms with Crippen LogP contribution >= 0.6 is 0 Å². The second kappa shape index (κ2) is 4.31. The Morgan fingerprint density at radius 2 is 1.90 bits per heavy atom. The highest BCUT2D eigenvalue weighted by Crippen LogP contribution is 2.63. The molecule has 21 heavy (non-hydrogen) atoms. The lowest BCUT2D eigenvalue weighted by Gasteiger charge is -2.19. The third-order valence-electron chi connectivity index (χ3n) is 4.36. The molecule has 3 amide bonds. The fourth-order valence-electron chi connectivity index (χ4n) is 3.12. The van der Waals surface area contributed by atoms with Gasteiger partial charge in [-0.25, -0.2) is 0 Å². The van der Waals surface area contributed by atoms with Crippen LogP contribution in [0.2, 0.25) is 0 Å². The van der Waals surface area contributed by atoms with Crippen LogP contribution in [-0.2, 0) is 14.4 Å². The SMILES string of the molecule is CC1(C)C2C(=O)N(CC(=O)Nc3cccc(N)c3)C(=O)C21. The average Bonchev–Trinajstić information content (AvgIpc) is 2.86. The molecule has 1 aromatic rings. The minimum Gasteiger partial charge on any atom is -0.399 e. The molecule has 2 unspecified atom stereocenters. The van der Waals surface area contributed by atoms with Crippen molar-refractivity contribution < 1.29 is 14.4 Å². The molecule has 110 valence electrons. The number of likely N-dealkylation sites (tertiary alicyclic amines) is 1. The standard InChI is InChI=1S/C15H17N3O3/c1-15(2)11-12(15)14(21)18(13(11)20)7-10(19)17-9-5-3-4-8(16)6-9/h3-6,11-12H,7,16H2,1-2H3,(H,17,19). The van der Waals surface area contributed by atoms with E-state index in [0.717, 1.165) is 4.90 Å². The van der Waals surface area contributed by atoms with Crippen LogP contribution in [0.25, 0.3) is 0 Å². The first-order chi connectivity index (χ1) is 9.82. The number of carbonyl (C=O) groups is 3. The smallest absolute Gasteiger partial charge is 0.244 e. The number of carbonyl (C=O) groups excluding carboxylic acids is 3. The molecule has 3 rings (SSSR count). The number of nitrogens with one attached hydrogen (secondary N) is 1. The van der Waals surface area contributed by atoms with Gasteiger partial charge in [0.15, 0.2) is 0 Å². The molecule has 2 atom stereocenters. The number of hydrogen-bond acceptors (Lipinski definition) is 4. The lowest BCUT2D eigenvalue weighted by Crippen LogP contribution is -2.41. The minimum absolute atomic E-state index is 0.238. The normalized spacial score (nSPS) is 25.7. The van der Waals surface area contributed by atoms with Gasteiger partial charge in [0, 0.05) is 11.4 Å². The molecule has 1 aliphatic heterocycles. The number of amides is 3. The fourth-order valence-corrected chi connectivity index (χ4v) is 3.12. The van der Waals surface area contributed by atoms with Gasteiger partial charge in [-0.15, -0.1) is 0 Å². The average molecular weight is 287 g/mol.